The van der Waals surface area contributed by atoms with Gasteiger partial charge in [0.05, 0.1) is 24.7 Å². The number of para-hydroxylation sites is 1. The van der Waals surface area contributed by atoms with Crippen LogP contribution >= 0.6 is 0 Å². The van der Waals surface area contributed by atoms with Crippen molar-refractivity contribution in [3.63, 3.8) is 0 Å². The third-order valence-corrected chi connectivity index (χ3v) is 6.84. The molecule has 2 aliphatic rings. The fourth-order valence-corrected chi connectivity index (χ4v) is 5.01. The van der Waals surface area contributed by atoms with E-state index in [1.165, 1.54) is 13.2 Å². The molecular formula is C26H29N5O5. The van der Waals surface area contributed by atoms with Gasteiger partial charge in [-0.15, -0.1) is 0 Å². The van der Waals surface area contributed by atoms with Gasteiger partial charge in [0.15, 0.2) is 0 Å². The molecule has 0 unspecified atom stereocenters. The van der Waals surface area contributed by atoms with Crippen LogP contribution in [0.3, 0.4) is 0 Å². The molecule has 2 aromatic heterocycles. The summed E-state index contributed by atoms with van der Waals surface area (Å²) < 4.78 is 12.6. The number of pyridine rings is 1. The Bertz CT molecular complexity index is 1350. The van der Waals surface area contributed by atoms with Gasteiger partial charge >= 0.3 is 5.97 Å². The van der Waals surface area contributed by atoms with Crippen molar-refractivity contribution >= 4 is 22.9 Å². The number of carbonyl (C=O) groups is 2. The second-order valence-corrected chi connectivity index (χ2v) is 9.01. The van der Waals surface area contributed by atoms with Crippen molar-refractivity contribution < 1.29 is 19.1 Å². The Kier molecular flexibility index (Phi) is 6.95. The molecule has 10 heteroatoms. The van der Waals surface area contributed by atoms with Gasteiger partial charge < -0.3 is 18.9 Å². The molecule has 0 radical (unpaired) electrons. The Balaban J connectivity index is 1.37. The molecule has 0 aliphatic carbocycles. The summed E-state index contributed by atoms with van der Waals surface area (Å²) >= 11 is 0. The maximum atomic E-state index is 13.0. The van der Waals surface area contributed by atoms with E-state index >= 15 is 0 Å². The molecule has 0 N–H and O–H groups in total. The van der Waals surface area contributed by atoms with E-state index < -0.39 is 5.97 Å². The van der Waals surface area contributed by atoms with Gasteiger partial charge in [-0.05, 0) is 18.1 Å². The average Bonchev–Trinajstić information content (AvgIpc) is 3.18. The van der Waals surface area contributed by atoms with Crippen molar-refractivity contribution in [3.05, 3.63) is 63.8 Å². The number of nitrogens with zero attached hydrogens (tertiary/aromatic N) is 5. The molecule has 1 amide bonds. The summed E-state index contributed by atoms with van der Waals surface area (Å²) in [5.74, 6) is -0.225. The van der Waals surface area contributed by atoms with Gasteiger partial charge in [-0.1, -0.05) is 12.1 Å². The number of amides is 1. The van der Waals surface area contributed by atoms with Crippen LogP contribution in [0.1, 0.15) is 34.5 Å². The molecule has 4 heterocycles. The fraction of sp³-hybridized carbons (Fsp3) is 0.423. The van der Waals surface area contributed by atoms with E-state index in [0.29, 0.717) is 57.8 Å². The SMILES string of the molecule is COC(=O)c1c(OCCN2CCCC2=O)cc(=O)n2c1CCN(Cc1cccc3nccnc13)CC2. The normalized spacial score (nSPS) is 16.1. The van der Waals surface area contributed by atoms with E-state index in [1.807, 2.05) is 18.2 Å². The summed E-state index contributed by atoms with van der Waals surface area (Å²) in [4.78, 5) is 50.6. The molecule has 188 valence electrons. The fourth-order valence-electron chi connectivity index (χ4n) is 5.01. The summed E-state index contributed by atoms with van der Waals surface area (Å²) in [7, 11) is 1.32. The van der Waals surface area contributed by atoms with Crippen LogP contribution in [0, 0.1) is 0 Å². The Labute approximate surface area is 208 Å². The van der Waals surface area contributed by atoms with E-state index in [0.717, 1.165) is 23.0 Å². The number of benzene rings is 1. The largest absolute Gasteiger partial charge is 0.491 e. The quantitative estimate of drug-likeness (QED) is 0.459. The summed E-state index contributed by atoms with van der Waals surface area (Å²) in [6, 6.07) is 7.31. The summed E-state index contributed by atoms with van der Waals surface area (Å²) in [5, 5.41) is 0. The maximum absolute atomic E-state index is 13.0. The number of hydrogen-bond acceptors (Lipinski definition) is 8. The zero-order chi connectivity index (χ0) is 25.1. The van der Waals surface area contributed by atoms with E-state index in [1.54, 1.807) is 21.9 Å². The molecule has 1 aromatic carbocycles. The van der Waals surface area contributed by atoms with Crippen LogP contribution in [-0.4, -0.2) is 76.1 Å². The number of esters is 1. The zero-order valence-electron chi connectivity index (χ0n) is 20.3. The molecule has 0 bridgehead atoms. The number of hydrogen-bond donors (Lipinski definition) is 0. The molecule has 1 saturated heterocycles. The first kappa shape index (κ1) is 23.9. The zero-order valence-corrected chi connectivity index (χ0v) is 20.3. The lowest BCUT2D eigenvalue weighted by atomic mass is 10.1. The van der Waals surface area contributed by atoms with Gasteiger partial charge in [0, 0.05) is 69.7 Å². The lowest BCUT2D eigenvalue weighted by Gasteiger charge is -2.20. The van der Waals surface area contributed by atoms with Gasteiger partial charge in [0.25, 0.3) is 5.56 Å². The highest BCUT2D eigenvalue weighted by molar-refractivity contribution is 5.93. The Morgan fingerprint density at radius 1 is 1.06 bits per heavy atom. The van der Waals surface area contributed by atoms with Crippen LogP contribution in [0.15, 0.2) is 41.5 Å². The Hall–Kier alpha value is -3.79. The Morgan fingerprint density at radius 2 is 1.92 bits per heavy atom. The van der Waals surface area contributed by atoms with E-state index in [4.69, 9.17) is 9.47 Å². The lowest BCUT2D eigenvalue weighted by Crippen LogP contribution is -2.31. The number of likely N-dealkylation sites (tertiary alicyclic amines) is 1. The predicted octanol–water partition coefficient (Wildman–Crippen LogP) is 1.64. The lowest BCUT2D eigenvalue weighted by molar-refractivity contribution is -0.128. The summed E-state index contributed by atoms with van der Waals surface area (Å²) in [5.41, 5.74) is 3.44. The molecule has 36 heavy (non-hydrogen) atoms. The number of aromatic nitrogens is 3. The first-order valence-corrected chi connectivity index (χ1v) is 12.2. The predicted molar refractivity (Wildman–Crippen MR) is 132 cm³/mol. The van der Waals surface area contributed by atoms with Crippen molar-refractivity contribution in [2.45, 2.75) is 32.4 Å². The van der Waals surface area contributed by atoms with Crippen molar-refractivity contribution in [1.29, 1.82) is 0 Å². The minimum absolute atomic E-state index is 0.103. The first-order chi connectivity index (χ1) is 17.5. The standard InChI is InChI=1S/C26H29N5O5/c1-35-26(34)24-20-7-11-29(17-18-4-2-5-19-25(18)28-9-8-27-19)12-13-31(20)23(33)16-21(24)36-15-14-30-10-3-6-22(30)32/h2,4-5,8-9,16H,3,6-7,10-15,17H2,1H3. The van der Waals surface area contributed by atoms with Gasteiger partial charge in [-0.3, -0.25) is 24.5 Å². The molecule has 0 spiro atoms. The van der Waals surface area contributed by atoms with Crippen LogP contribution in [0.4, 0.5) is 0 Å². The average molecular weight is 492 g/mol. The van der Waals surface area contributed by atoms with Gasteiger partial charge in [0.2, 0.25) is 5.91 Å². The number of ether oxygens (including phenoxy) is 2. The van der Waals surface area contributed by atoms with Crippen LogP contribution in [0.5, 0.6) is 5.75 Å². The van der Waals surface area contributed by atoms with E-state index in [-0.39, 0.29) is 29.4 Å². The highest BCUT2D eigenvalue weighted by Gasteiger charge is 2.27. The third kappa shape index (κ3) is 4.81. The number of fused-ring (bicyclic) bond motifs is 2. The minimum Gasteiger partial charge on any atom is -0.491 e. The van der Waals surface area contributed by atoms with Crippen LogP contribution in [0.2, 0.25) is 0 Å². The number of methoxy groups -OCH3 is 1. The van der Waals surface area contributed by atoms with Crippen molar-refractivity contribution in [2.24, 2.45) is 0 Å². The molecule has 3 aromatic rings. The molecule has 0 saturated carbocycles. The minimum atomic E-state index is -0.538. The monoisotopic (exact) mass is 491 g/mol. The molecular weight excluding hydrogens is 462 g/mol. The Morgan fingerprint density at radius 3 is 2.72 bits per heavy atom. The van der Waals surface area contributed by atoms with E-state index in [2.05, 4.69) is 14.9 Å². The topological polar surface area (TPSA) is 107 Å². The number of carbonyl (C=O) groups excluding carboxylic acids is 2. The molecule has 0 atom stereocenters. The van der Waals surface area contributed by atoms with Crippen LogP contribution in [-0.2, 0) is 29.0 Å². The maximum Gasteiger partial charge on any atom is 0.343 e. The van der Waals surface area contributed by atoms with E-state index in [9.17, 15) is 14.4 Å². The van der Waals surface area contributed by atoms with Crippen molar-refractivity contribution in [3.8, 4) is 5.75 Å². The van der Waals surface area contributed by atoms with Crippen LogP contribution in [0.25, 0.3) is 11.0 Å². The van der Waals surface area contributed by atoms with Gasteiger partial charge in [-0.25, -0.2) is 4.79 Å². The summed E-state index contributed by atoms with van der Waals surface area (Å²) in [6.07, 6.45) is 5.24. The second-order valence-electron chi connectivity index (χ2n) is 9.01. The van der Waals surface area contributed by atoms with Gasteiger partial charge in [-0.2, -0.15) is 0 Å². The first-order valence-electron chi connectivity index (χ1n) is 12.2. The third-order valence-electron chi connectivity index (χ3n) is 6.84. The van der Waals surface area contributed by atoms with Crippen molar-refractivity contribution in [2.75, 3.05) is 39.9 Å². The van der Waals surface area contributed by atoms with Gasteiger partial charge in [0.1, 0.15) is 17.9 Å². The second kappa shape index (κ2) is 10.4. The number of rotatable bonds is 7. The smallest absolute Gasteiger partial charge is 0.343 e. The molecule has 5 rings (SSSR count). The molecule has 10 nitrogen and oxygen atoms in total. The van der Waals surface area contributed by atoms with Crippen molar-refractivity contribution in [1.82, 2.24) is 24.3 Å². The van der Waals surface area contributed by atoms with Crippen LogP contribution < -0.4 is 10.3 Å². The molecule has 1 fully saturated rings. The highest BCUT2D eigenvalue weighted by atomic mass is 16.5. The highest BCUT2D eigenvalue weighted by Crippen LogP contribution is 2.25. The summed E-state index contributed by atoms with van der Waals surface area (Å²) in [6.45, 7) is 3.70. The molecule has 2 aliphatic heterocycles.